The molecule has 0 aliphatic carbocycles. The van der Waals surface area contributed by atoms with Crippen molar-refractivity contribution in [3.8, 4) is 5.75 Å². The number of carbonyl (C=O) groups is 3. The highest BCUT2D eigenvalue weighted by Crippen LogP contribution is 2.25. The molecule has 1 atom stereocenters. The molecule has 24 heavy (non-hydrogen) atoms. The van der Waals surface area contributed by atoms with Gasteiger partial charge >= 0.3 is 0 Å². The number of nitrogens with zero attached hydrogens (tertiary/aromatic N) is 1. The number of hydrogen-bond acceptors (Lipinski definition) is 4. The third-order valence-corrected chi connectivity index (χ3v) is 3.78. The van der Waals surface area contributed by atoms with Gasteiger partial charge in [0.15, 0.2) is 6.10 Å². The first-order valence-electron chi connectivity index (χ1n) is 7.46. The lowest BCUT2D eigenvalue weighted by Crippen LogP contribution is -2.30. The second kappa shape index (κ2) is 6.16. The van der Waals surface area contributed by atoms with Gasteiger partial charge in [0.2, 0.25) is 0 Å². The number of anilines is 1. The standard InChI is InChI=1S/C18H16N2O4/c1-11(24-13-6-4-3-5-7-13)16(21)19-12-8-9-14-15(10-12)18(23)20(2)17(14)22/h3-11H,1-2H3,(H,19,21). The minimum atomic E-state index is -0.708. The number of imide groups is 1. The summed E-state index contributed by atoms with van der Waals surface area (Å²) in [6.45, 7) is 1.64. The zero-order valence-corrected chi connectivity index (χ0v) is 13.3. The number of nitrogens with one attached hydrogen (secondary N) is 1. The van der Waals surface area contributed by atoms with Gasteiger partial charge in [-0.15, -0.1) is 0 Å². The van der Waals surface area contributed by atoms with Gasteiger partial charge in [-0.3, -0.25) is 19.3 Å². The molecule has 1 N–H and O–H groups in total. The van der Waals surface area contributed by atoms with E-state index >= 15 is 0 Å². The van der Waals surface area contributed by atoms with Crippen molar-refractivity contribution >= 4 is 23.4 Å². The summed E-state index contributed by atoms with van der Waals surface area (Å²) in [7, 11) is 1.43. The molecule has 0 spiro atoms. The molecule has 3 rings (SSSR count). The third-order valence-electron chi connectivity index (χ3n) is 3.78. The van der Waals surface area contributed by atoms with Crippen molar-refractivity contribution in [1.29, 1.82) is 0 Å². The molecule has 0 bridgehead atoms. The van der Waals surface area contributed by atoms with Gasteiger partial charge < -0.3 is 10.1 Å². The minimum Gasteiger partial charge on any atom is -0.481 e. The Morgan fingerprint density at radius 3 is 2.42 bits per heavy atom. The Morgan fingerprint density at radius 2 is 1.71 bits per heavy atom. The summed E-state index contributed by atoms with van der Waals surface area (Å²) in [6, 6.07) is 13.7. The smallest absolute Gasteiger partial charge is 0.265 e. The fraction of sp³-hybridized carbons (Fsp3) is 0.167. The van der Waals surface area contributed by atoms with Gasteiger partial charge in [0.1, 0.15) is 5.75 Å². The number of para-hydroxylation sites is 1. The predicted molar refractivity (Wildman–Crippen MR) is 88.0 cm³/mol. The summed E-state index contributed by atoms with van der Waals surface area (Å²) in [4.78, 5) is 37.1. The minimum absolute atomic E-state index is 0.289. The van der Waals surface area contributed by atoms with Gasteiger partial charge in [0.05, 0.1) is 11.1 Å². The van der Waals surface area contributed by atoms with Crippen molar-refractivity contribution in [2.45, 2.75) is 13.0 Å². The van der Waals surface area contributed by atoms with Gasteiger partial charge in [-0.2, -0.15) is 0 Å². The molecule has 0 aromatic heterocycles. The molecular weight excluding hydrogens is 308 g/mol. The highest BCUT2D eigenvalue weighted by molar-refractivity contribution is 6.21. The molecule has 0 saturated heterocycles. The largest absolute Gasteiger partial charge is 0.481 e. The first kappa shape index (κ1) is 15.7. The summed E-state index contributed by atoms with van der Waals surface area (Å²) in [5.74, 6) is -0.464. The lowest BCUT2D eigenvalue weighted by molar-refractivity contribution is -0.122. The molecule has 6 nitrogen and oxygen atoms in total. The van der Waals surface area contributed by atoms with Gasteiger partial charge in [0, 0.05) is 12.7 Å². The zero-order chi connectivity index (χ0) is 17.3. The SMILES string of the molecule is CC(Oc1ccccc1)C(=O)Nc1ccc2c(c1)C(=O)N(C)C2=O. The van der Waals surface area contributed by atoms with Crippen molar-refractivity contribution in [2.24, 2.45) is 0 Å². The second-order valence-electron chi connectivity index (χ2n) is 5.49. The predicted octanol–water partition coefficient (Wildman–Crippen LogP) is 2.32. The summed E-state index contributed by atoms with van der Waals surface area (Å²) in [5.41, 5.74) is 1.07. The number of fused-ring (bicyclic) bond motifs is 1. The quantitative estimate of drug-likeness (QED) is 0.876. The number of carbonyl (C=O) groups excluding carboxylic acids is 3. The average Bonchev–Trinajstić information content (AvgIpc) is 2.80. The Bertz CT molecular complexity index is 817. The Labute approximate surface area is 139 Å². The van der Waals surface area contributed by atoms with Gasteiger partial charge in [-0.05, 0) is 37.3 Å². The highest BCUT2D eigenvalue weighted by Gasteiger charge is 2.32. The summed E-state index contributed by atoms with van der Waals surface area (Å²) >= 11 is 0. The molecule has 0 radical (unpaired) electrons. The van der Waals surface area contributed by atoms with Crippen LogP contribution >= 0.6 is 0 Å². The van der Waals surface area contributed by atoms with Crippen molar-refractivity contribution in [3.63, 3.8) is 0 Å². The third kappa shape index (κ3) is 2.86. The van der Waals surface area contributed by atoms with Crippen LogP contribution in [-0.4, -0.2) is 35.8 Å². The van der Waals surface area contributed by atoms with Crippen LogP contribution in [0.5, 0.6) is 5.75 Å². The van der Waals surface area contributed by atoms with Crippen LogP contribution in [0.3, 0.4) is 0 Å². The number of benzene rings is 2. The zero-order valence-electron chi connectivity index (χ0n) is 13.3. The molecule has 2 aromatic carbocycles. The van der Waals surface area contributed by atoms with Crippen molar-refractivity contribution in [3.05, 3.63) is 59.7 Å². The Kier molecular flexibility index (Phi) is 4.04. The molecule has 6 heteroatoms. The summed E-state index contributed by atoms with van der Waals surface area (Å²) < 4.78 is 5.55. The first-order valence-corrected chi connectivity index (χ1v) is 7.46. The molecule has 1 aliphatic heterocycles. The topological polar surface area (TPSA) is 75.7 Å². The van der Waals surface area contributed by atoms with Crippen LogP contribution < -0.4 is 10.1 Å². The Morgan fingerprint density at radius 1 is 1.04 bits per heavy atom. The number of ether oxygens (including phenoxy) is 1. The van der Waals surface area contributed by atoms with E-state index in [1.807, 2.05) is 18.2 Å². The van der Waals surface area contributed by atoms with Crippen LogP contribution in [0.1, 0.15) is 27.6 Å². The molecule has 1 heterocycles. The molecule has 2 aromatic rings. The Balaban J connectivity index is 1.72. The number of amides is 3. The second-order valence-corrected chi connectivity index (χ2v) is 5.49. The van der Waals surface area contributed by atoms with Crippen LogP contribution in [0.25, 0.3) is 0 Å². The molecule has 0 saturated carbocycles. The van der Waals surface area contributed by atoms with E-state index in [0.717, 1.165) is 4.90 Å². The van der Waals surface area contributed by atoms with E-state index in [4.69, 9.17) is 4.74 Å². The van der Waals surface area contributed by atoms with Crippen LogP contribution in [0.15, 0.2) is 48.5 Å². The normalized spacial score (nSPS) is 14.3. The number of rotatable bonds is 4. The molecule has 3 amide bonds. The van der Waals surface area contributed by atoms with E-state index in [9.17, 15) is 14.4 Å². The van der Waals surface area contributed by atoms with Crippen molar-refractivity contribution < 1.29 is 19.1 Å². The molecular formula is C18H16N2O4. The fourth-order valence-electron chi connectivity index (χ4n) is 2.44. The lowest BCUT2D eigenvalue weighted by atomic mass is 10.1. The van der Waals surface area contributed by atoms with E-state index < -0.39 is 6.10 Å². The van der Waals surface area contributed by atoms with Crippen molar-refractivity contribution in [1.82, 2.24) is 4.90 Å². The van der Waals surface area contributed by atoms with Crippen LogP contribution in [0, 0.1) is 0 Å². The maximum Gasteiger partial charge on any atom is 0.265 e. The summed E-state index contributed by atoms with van der Waals surface area (Å²) in [6.07, 6.45) is -0.708. The summed E-state index contributed by atoms with van der Waals surface area (Å²) in [5, 5.41) is 2.70. The van der Waals surface area contributed by atoms with E-state index in [-0.39, 0.29) is 23.3 Å². The van der Waals surface area contributed by atoms with Gasteiger partial charge in [-0.25, -0.2) is 0 Å². The highest BCUT2D eigenvalue weighted by atomic mass is 16.5. The average molecular weight is 324 g/mol. The fourth-order valence-corrected chi connectivity index (χ4v) is 2.44. The molecule has 1 unspecified atom stereocenters. The maximum atomic E-state index is 12.2. The van der Waals surface area contributed by atoms with Crippen LogP contribution in [0.2, 0.25) is 0 Å². The van der Waals surface area contributed by atoms with Crippen LogP contribution in [0.4, 0.5) is 5.69 Å². The van der Waals surface area contributed by atoms with E-state index in [1.54, 1.807) is 25.1 Å². The van der Waals surface area contributed by atoms with Crippen LogP contribution in [-0.2, 0) is 4.79 Å². The lowest BCUT2D eigenvalue weighted by Gasteiger charge is -2.14. The Hall–Kier alpha value is -3.15. The van der Waals surface area contributed by atoms with Crippen molar-refractivity contribution in [2.75, 3.05) is 12.4 Å². The number of hydrogen-bond donors (Lipinski definition) is 1. The molecule has 0 fully saturated rings. The molecule has 1 aliphatic rings. The molecule has 122 valence electrons. The first-order chi connectivity index (χ1) is 11.5. The van der Waals surface area contributed by atoms with Gasteiger partial charge in [0.25, 0.3) is 17.7 Å². The van der Waals surface area contributed by atoms with Gasteiger partial charge in [-0.1, -0.05) is 18.2 Å². The van der Waals surface area contributed by atoms with E-state index in [1.165, 1.54) is 19.2 Å². The monoisotopic (exact) mass is 324 g/mol. The maximum absolute atomic E-state index is 12.2. The van der Waals surface area contributed by atoms with E-state index in [2.05, 4.69) is 5.32 Å². The van der Waals surface area contributed by atoms with E-state index in [0.29, 0.717) is 17.0 Å².